The average molecular weight is 294 g/mol. The summed E-state index contributed by atoms with van der Waals surface area (Å²) in [4.78, 5) is 22.4. The molecular weight excluding hydrogens is 272 g/mol. The van der Waals surface area contributed by atoms with Gasteiger partial charge in [-0.3, -0.25) is 4.79 Å². The first-order valence-corrected chi connectivity index (χ1v) is 6.93. The Bertz CT molecular complexity index is 474. The normalized spacial score (nSPS) is 10.4. The third-order valence-electron chi connectivity index (χ3n) is 2.65. The van der Waals surface area contributed by atoms with E-state index < -0.39 is 5.97 Å². The molecule has 0 aromatic heterocycles. The zero-order valence-corrected chi connectivity index (χ0v) is 12.4. The number of carboxylic acid groups (broad SMARTS) is 1. The number of hydrogen-bond acceptors (Lipinski definition) is 4. The molecule has 6 nitrogen and oxygen atoms in total. The van der Waals surface area contributed by atoms with Crippen molar-refractivity contribution < 1.29 is 19.4 Å². The molecule has 3 N–H and O–H groups in total. The van der Waals surface area contributed by atoms with Gasteiger partial charge in [-0.05, 0) is 18.1 Å². The van der Waals surface area contributed by atoms with E-state index in [-0.39, 0.29) is 18.0 Å². The topological polar surface area (TPSA) is 87.7 Å². The van der Waals surface area contributed by atoms with Crippen LogP contribution in [0.4, 0.5) is 0 Å². The number of amides is 1. The second kappa shape index (κ2) is 8.97. The Hall–Kier alpha value is -2.08. The van der Waals surface area contributed by atoms with Gasteiger partial charge in [-0.25, -0.2) is 4.79 Å². The molecular formula is C15H22N2O4. The maximum Gasteiger partial charge on any atom is 0.339 e. The molecule has 0 aliphatic heterocycles. The number of ether oxygens (including phenoxy) is 1. The van der Waals surface area contributed by atoms with E-state index in [1.54, 1.807) is 18.2 Å². The minimum atomic E-state index is -1.02. The van der Waals surface area contributed by atoms with Crippen molar-refractivity contribution in [2.24, 2.45) is 5.92 Å². The largest absolute Gasteiger partial charge is 0.491 e. The summed E-state index contributed by atoms with van der Waals surface area (Å²) in [6.45, 7) is 5.69. The SMILES string of the molecule is CC(C)CNC(=O)CNCCOc1ccccc1C(=O)O. The van der Waals surface area contributed by atoms with E-state index in [4.69, 9.17) is 9.84 Å². The lowest BCUT2D eigenvalue weighted by Crippen LogP contribution is -2.37. The summed E-state index contributed by atoms with van der Waals surface area (Å²) >= 11 is 0. The van der Waals surface area contributed by atoms with Gasteiger partial charge in [0.05, 0.1) is 6.54 Å². The molecule has 0 aliphatic rings. The molecule has 0 unspecified atom stereocenters. The third-order valence-corrected chi connectivity index (χ3v) is 2.65. The molecule has 1 amide bonds. The Labute approximate surface area is 124 Å². The lowest BCUT2D eigenvalue weighted by molar-refractivity contribution is -0.120. The Balaban J connectivity index is 2.23. The van der Waals surface area contributed by atoms with E-state index in [0.29, 0.717) is 31.4 Å². The number of benzene rings is 1. The second-order valence-electron chi connectivity index (χ2n) is 5.02. The molecule has 0 atom stereocenters. The number of para-hydroxylation sites is 1. The first-order valence-electron chi connectivity index (χ1n) is 6.93. The molecule has 0 bridgehead atoms. The van der Waals surface area contributed by atoms with Gasteiger partial charge in [0.2, 0.25) is 5.91 Å². The first kappa shape index (κ1) is 17.0. The van der Waals surface area contributed by atoms with Crippen molar-refractivity contribution in [3.63, 3.8) is 0 Å². The van der Waals surface area contributed by atoms with Crippen LogP contribution in [0, 0.1) is 5.92 Å². The van der Waals surface area contributed by atoms with Crippen LogP contribution in [0.2, 0.25) is 0 Å². The van der Waals surface area contributed by atoms with Crippen LogP contribution < -0.4 is 15.4 Å². The summed E-state index contributed by atoms with van der Waals surface area (Å²) in [5.74, 6) is -0.331. The molecule has 21 heavy (non-hydrogen) atoms. The Morgan fingerprint density at radius 2 is 2.00 bits per heavy atom. The fourth-order valence-electron chi connectivity index (χ4n) is 1.58. The Morgan fingerprint density at radius 1 is 1.29 bits per heavy atom. The molecule has 116 valence electrons. The van der Waals surface area contributed by atoms with Crippen LogP contribution in [0.5, 0.6) is 5.75 Å². The standard InChI is InChI=1S/C15H22N2O4/c1-11(2)9-17-14(18)10-16-7-8-21-13-6-4-3-5-12(13)15(19)20/h3-6,11,16H,7-10H2,1-2H3,(H,17,18)(H,19,20). The molecule has 0 fully saturated rings. The molecule has 1 aromatic carbocycles. The maximum absolute atomic E-state index is 11.4. The Kier molecular flexibility index (Phi) is 7.25. The van der Waals surface area contributed by atoms with Crippen LogP contribution in [0.15, 0.2) is 24.3 Å². The van der Waals surface area contributed by atoms with E-state index in [2.05, 4.69) is 10.6 Å². The van der Waals surface area contributed by atoms with Gasteiger partial charge in [-0.15, -0.1) is 0 Å². The quantitative estimate of drug-likeness (QED) is 0.594. The van der Waals surface area contributed by atoms with Crippen LogP contribution in [0.25, 0.3) is 0 Å². The molecule has 0 saturated heterocycles. The summed E-state index contributed by atoms with van der Waals surface area (Å²) in [6, 6.07) is 6.46. The summed E-state index contributed by atoms with van der Waals surface area (Å²) in [7, 11) is 0. The number of rotatable bonds is 9. The molecule has 0 spiro atoms. The van der Waals surface area contributed by atoms with Gasteiger partial charge in [0, 0.05) is 13.1 Å². The van der Waals surface area contributed by atoms with E-state index in [1.165, 1.54) is 6.07 Å². The highest BCUT2D eigenvalue weighted by Gasteiger charge is 2.09. The summed E-state index contributed by atoms with van der Waals surface area (Å²) < 4.78 is 5.40. The van der Waals surface area contributed by atoms with Gasteiger partial charge in [-0.1, -0.05) is 26.0 Å². The van der Waals surface area contributed by atoms with Gasteiger partial charge in [0.1, 0.15) is 17.9 Å². The number of carboxylic acids is 1. The van der Waals surface area contributed by atoms with Gasteiger partial charge in [0.25, 0.3) is 0 Å². The Morgan fingerprint density at radius 3 is 2.67 bits per heavy atom. The first-order chi connectivity index (χ1) is 10.0. The van der Waals surface area contributed by atoms with Crippen LogP contribution in [0.3, 0.4) is 0 Å². The van der Waals surface area contributed by atoms with Crippen LogP contribution in [-0.2, 0) is 4.79 Å². The lowest BCUT2D eigenvalue weighted by Gasteiger charge is -2.10. The molecule has 1 aromatic rings. The van der Waals surface area contributed by atoms with Crippen molar-refractivity contribution in [1.29, 1.82) is 0 Å². The van der Waals surface area contributed by atoms with E-state index >= 15 is 0 Å². The van der Waals surface area contributed by atoms with Crippen molar-refractivity contribution in [2.45, 2.75) is 13.8 Å². The summed E-state index contributed by atoms with van der Waals surface area (Å²) in [5.41, 5.74) is 0.132. The smallest absolute Gasteiger partial charge is 0.339 e. The van der Waals surface area contributed by atoms with E-state index in [9.17, 15) is 9.59 Å². The van der Waals surface area contributed by atoms with Crippen LogP contribution in [0.1, 0.15) is 24.2 Å². The molecule has 1 rings (SSSR count). The fraction of sp³-hybridized carbons (Fsp3) is 0.467. The van der Waals surface area contributed by atoms with Crippen LogP contribution in [-0.4, -0.2) is 43.2 Å². The van der Waals surface area contributed by atoms with E-state index in [1.807, 2.05) is 13.8 Å². The highest BCUT2D eigenvalue weighted by molar-refractivity contribution is 5.90. The van der Waals surface area contributed by atoms with Crippen molar-refractivity contribution in [2.75, 3.05) is 26.2 Å². The van der Waals surface area contributed by atoms with Crippen molar-refractivity contribution in [1.82, 2.24) is 10.6 Å². The highest BCUT2D eigenvalue weighted by atomic mass is 16.5. The monoisotopic (exact) mass is 294 g/mol. The highest BCUT2D eigenvalue weighted by Crippen LogP contribution is 2.17. The zero-order valence-electron chi connectivity index (χ0n) is 12.4. The molecule has 0 aliphatic carbocycles. The fourth-order valence-corrected chi connectivity index (χ4v) is 1.58. The minimum Gasteiger partial charge on any atom is -0.491 e. The van der Waals surface area contributed by atoms with Crippen molar-refractivity contribution >= 4 is 11.9 Å². The second-order valence-corrected chi connectivity index (χ2v) is 5.02. The van der Waals surface area contributed by atoms with Crippen molar-refractivity contribution in [3.8, 4) is 5.75 Å². The maximum atomic E-state index is 11.4. The molecule has 0 heterocycles. The number of carbonyl (C=O) groups is 2. The number of aromatic carboxylic acids is 1. The summed E-state index contributed by atoms with van der Waals surface area (Å²) in [6.07, 6.45) is 0. The molecule has 0 saturated carbocycles. The van der Waals surface area contributed by atoms with Crippen molar-refractivity contribution in [3.05, 3.63) is 29.8 Å². The zero-order chi connectivity index (χ0) is 15.7. The van der Waals surface area contributed by atoms with Gasteiger partial charge >= 0.3 is 5.97 Å². The summed E-state index contributed by atoms with van der Waals surface area (Å²) in [5, 5.41) is 14.7. The predicted molar refractivity (Wildman–Crippen MR) is 79.6 cm³/mol. The third kappa shape index (κ3) is 6.76. The van der Waals surface area contributed by atoms with Gasteiger partial charge in [0.15, 0.2) is 0 Å². The van der Waals surface area contributed by atoms with E-state index in [0.717, 1.165) is 0 Å². The lowest BCUT2D eigenvalue weighted by atomic mass is 10.2. The van der Waals surface area contributed by atoms with Gasteiger partial charge in [-0.2, -0.15) is 0 Å². The predicted octanol–water partition coefficient (Wildman–Crippen LogP) is 1.13. The minimum absolute atomic E-state index is 0.0605. The molecule has 0 radical (unpaired) electrons. The number of nitrogens with one attached hydrogen (secondary N) is 2. The average Bonchev–Trinajstić information content (AvgIpc) is 2.45. The number of hydrogen-bond donors (Lipinski definition) is 3. The number of carbonyl (C=O) groups excluding carboxylic acids is 1. The molecule has 6 heteroatoms. The van der Waals surface area contributed by atoms with Crippen LogP contribution >= 0.6 is 0 Å². The van der Waals surface area contributed by atoms with Gasteiger partial charge < -0.3 is 20.5 Å².